The van der Waals surface area contributed by atoms with E-state index in [0.29, 0.717) is 10.9 Å². The lowest BCUT2D eigenvalue weighted by Gasteiger charge is -2.03. The van der Waals surface area contributed by atoms with E-state index in [-0.39, 0.29) is 0 Å². The zero-order chi connectivity index (χ0) is 15.9. The Labute approximate surface area is 125 Å². The Morgan fingerprint density at radius 3 is 2.14 bits per heavy atom. The molecule has 0 N–H and O–H groups in total. The largest absolute Gasteiger partial charge is 0.673 e. The van der Waals surface area contributed by atoms with E-state index in [0.717, 1.165) is 6.54 Å². The van der Waals surface area contributed by atoms with Crippen LogP contribution in [0.4, 0.5) is 17.3 Å². The number of pyridine rings is 1. The van der Waals surface area contributed by atoms with Gasteiger partial charge in [-0.2, -0.15) is 4.57 Å². The van der Waals surface area contributed by atoms with Crippen molar-refractivity contribution >= 4 is 18.9 Å². The van der Waals surface area contributed by atoms with Gasteiger partial charge in [-0.1, -0.05) is 41.9 Å². The molecule has 0 spiro atoms. The fourth-order valence-electron chi connectivity index (χ4n) is 1.63. The third-order valence-corrected chi connectivity index (χ3v) is 2.65. The summed E-state index contributed by atoms with van der Waals surface area (Å²) in [6.45, 7) is 0.755. The number of nitrogens with zero attached hydrogens (tertiary/aromatic N) is 1. The molecule has 114 valence electrons. The highest BCUT2D eigenvalue weighted by atomic mass is 35.5. The predicted molar refractivity (Wildman–Crippen MR) is 73.9 cm³/mol. The minimum atomic E-state index is -6.00. The molecule has 0 aliphatic rings. The van der Waals surface area contributed by atoms with E-state index in [9.17, 15) is 17.3 Å². The lowest BCUT2D eigenvalue weighted by Crippen LogP contribution is -2.35. The molecule has 0 unspecified atom stereocenters. The second-order valence-electron chi connectivity index (χ2n) is 3.97. The van der Waals surface area contributed by atoms with Gasteiger partial charge in [-0.3, -0.25) is 0 Å². The van der Waals surface area contributed by atoms with Crippen LogP contribution in [0.5, 0.6) is 5.88 Å². The summed E-state index contributed by atoms with van der Waals surface area (Å²) in [7, 11) is -4.37. The van der Waals surface area contributed by atoms with Gasteiger partial charge in [0.15, 0.2) is 17.8 Å². The van der Waals surface area contributed by atoms with Crippen molar-refractivity contribution in [2.24, 2.45) is 0 Å². The molecule has 1 aromatic carbocycles. The molecule has 0 bridgehead atoms. The van der Waals surface area contributed by atoms with Crippen LogP contribution < -0.4 is 9.30 Å². The first-order valence-electron chi connectivity index (χ1n) is 5.94. The molecule has 0 aliphatic carbocycles. The molecule has 1 aromatic heterocycles. The number of halogens is 5. The van der Waals surface area contributed by atoms with Gasteiger partial charge in [0.25, 0.3) is 0 Å². The van der Waals surface area contributed by atoms with Gasteiger partial charge in [0.05, 0.1) is 7.11 Å². The summed E-state index contributed by atoms with van der Waals surface area (Å²) in [6.07, 6.45) is 1.96. The van der Waals surface area contributed by atoms with Crippen LogP contribution in [0.3, 0.4) is 0 Å². The Morgan fingerprint density at radius 1 is 1.05 bits per heavy atom. The minimum absolute atomic E-state index is 0.626. The highest BCUT2D eigenvalue weighted by Crippen LogP contribution is 2.18. The molecule has 0 amide bonds. The Morgan fingerprint density at radius 2 is 1.62 bits per heavy atom. The normalized spacial score (nSPS) is 10.6. The summed E-state index contributed by atoms with van der Waals surface area (Å²) < 4.78 is 46.3. The molecule has 0 radical (unpaired) electrons. The van der Waals surface area contributed by atoms with Crippen molar-refractivity contribution < 1.29 is 26.6 Å². The summed E-state index contributed by atoms with van der Waals surface area (Å²) in [6, 6.07) is 13.9. The summed E-state index contributed by atoms with van der Waals surface area (Å²) in [5.74, 6) is 0.688. The summed E-state index contributed by atoms with van der Waals surface area (Å²) in [5, 5.41) is 0.626. The van der Waals surface area contributed by atoms with E-state index in [1.54, 1.807) is 7.11 Å². The predicted octanol–water partition coefficient (Wildman–Crippen LogP) is 3.98. The maximum absolute atomic E-state index is 9.75. The van der Waals surface area contributed by atoms with Gasteiger partial charge in [0, 0.05) is 11.6 Å². The molecule has 2 nitrogen and oxygen atoms in total. The molecule has 0 aliphatic heterocycles. The van der Waals surface area contributed by atoms with E-state index in [4.69, 9.17) is 16.3 Å². The molecule has 2 rings (SSSR count). The Hall–Kier alpha value is -1.76. The highest BCUT2D eigenvalue weighted by Gasteiger charge is 2.20. The van der Waals surface area contributed by atoms with Gasteiger partial charge in [-0.05, 0) is 6.07 Å². The quantitative estimate of drug-likeness (QED) is 0.473. The summed E-state index contributed by atoms with van der Waals surface area (Å²) in [4.78, 5) is 0. The van der Waals surface area contributed by atoms with Crippen molar-refractivity contribution in [3.63, 3.8) is 0 Å². The average Bonchev–Trinajstić information content (AvgIpc) is 2.38. The van der Waals surface area contributed by atoms with E-state index in [2.05, 4.69) is 12.1 Å². The van der Waals surface area contributed by atoms with Crippen LogP contribution in [0.15, 0.2) is 48.7 Å². The van der Waals surface area contributed by atoms with Crippen LogP contribution in [-0.2, 0) is 6.54 Å². The first-order valence-corrected chi connectivity index (χ1v) is 6.32. The zero-order valence-corrected chi connectivity index (χ0v) is 11.9. The van der Waals surface area contributed by atoms with E-state index in [1.165, 1.54) is 5.56 Å². The first kappa shape index (κ1) is 17.3. The highest BCUT2D eigenvalue weighted by molar-refractivity contribution is 6.50. The van der Waals surface area contributed by atoms with Crippen LogP contribution in [0.1, 0.15) is 5.56 Å². The number of benzene rings is 1. The number of hydrogen-bond acceptors (Lipinski definition) is 1. The van der Waals surface area contributed by atoms with E-state index in [1.807, 2.05) is 41.1 Å². The lowest BCUT2D eigenvalue weighted by molar-refractivity contribution is -0.693. The SMILES string of the molecule is COc1c(Cl)ccc[n+]1Cc1ccccc1.F[B-](F)(F)F. The molecule has 0 saturated carbocycles. The van der Waals surface area contributed by atoms with Gasteiger partial charge in [0.1, 0.15) is 0 Å². The number of ether oxygens (including phenoxy) is 1. The smallest absolute Gasteiger partial charge is 0.447 e. The van der Waals surface area contributed by atoms with Crippen LogP contribution in [0.2, 0.25) is 5.02 Å². The summed E-state index contributed by atoms with van der Waals surface area (Å²) >= 11 is 6.05. The van der Waals surface area contributed by atoms with E-state index >= 15 is 0 Å². The van der Waals surface area contributed by atoms with Crippen molar-refractivity contribution in [2.45, 2.75) is 6.54 Å². The molecule has 21 heavy (non-hydrogen) atoms. The molecule has 0 saturated heterocycles. The Kier molecular flexibility index (Phi) is 6.49. The molecule has 0 atom stereocenters. The number of hydrogen-bond donors (Lipinski definition) is 0. The van der Waals surface area contributed by atoms with Crippen molar-refractivity contribution in [1.29, 1.82) is 0 Å². The number of methoxy groups -OCH3 is 1. The van der Waals surface area contributed by atoms with Gasteiger partial charge in [0.2, 0.25) is 0 Å². The third-order valence-electron chi connectivity index (χ3n) is 2.36. The lowest BCUT2D eigenvalue weighted by atomic mass is 10.2. The molecule has 0 fully saturated rings. The van der Waals surface area contributed by atoms with E-state index < -0.39 is 7.25 Å². The number of aromatic nitrogens is 1. The standard InChI is InChI=1S/C13H13ClNO.BF4/c1-16-13-12(14)8-5-9-15(13)10-11-6-3-2-4-7-11;2-1(3,4)5/h2-9H,10H2,1H3;/q+1;-1. The third kappa shape index (κ3) is 6.99. The van der Waals surface area contributed by atoms with Crippen molar-refractivity contribution in [3.05, 3.63) is 59.2 Å². The van der Waals surface area contributed by atoms with Gasteiger partial charge < -0.3 is 22.0 Å². The van der Waals surface area contributed by atoms with Crippen LogP contribution in [0.25, 0.3) is 0 Å². The monoisotopic (exact) mass is 321 g/mol. The minimum Gasteiger partial charge on any atom is -0.447 e. The fraction of sp³-hybridized carbons (Fsp3) is 0.154. The molecule has 8 heteroatoms. The van der Waals surface area contributed by atoms with Crippen molar-refractivity contribution in [1.82, 2.24) is 0 Å². The molecular weight excluding hydrogens is 308 g/mol. The van der Waals surface area contributed by atoms with Crippen molar-refractivity contribution in [3.8, 4) is 5.88 Å². The van der Waals surface area contributed by atoms with Crippen LogP contribution >= 0.6 is 11.6 Å². The number of rotatable bonds is 3. The molecule has 1 heterocycles. The van der Waals surface area contributed by atoms with Crippen LogP contribution in [-0.4, -0.2) is 14.4 Å². The van der Waals surface area contributed by atoms with Gasteiger partial charge in [-0.15, -0.1) is 0 Å². The maximum Gasteiger partial charge on any atom is 0.673 e. The van der Waals surface area contributed by atoms with Gasteiger partial charge >= 0.3 is 13.1 Å². The summed E-state index contributed by atoms with van der Waals surface area (Å²) in [5.41, 5.74) is 1.22. The second kappa shape index (κ2) is 7.88. The first-order chi connectivity index (χ1) is 9.81. The fourth-order valence-corrected chi connectivity index (χ4v) is 1.89. The van der Waals surface area contributed by atoms with Crippen molar-refractivity contribution in [2.75, 3.05) is 7.11 Å². The Bertz CT molecular complexity index is 560. The zero-order valence-electron chi connectivity index (χ0n) is 11.1. The second-order valence-corrected chi connectivity index (χ2v) is 4.38. The van der Waals surface area contributed by atoms with Gasteiger partial charge in [-0.25, -0.2) is 0 Å². The van der Waals surface area contributed by atoms with Crippen LogP contribution in [0, 0.1) is 0 Å². The molecule has 2 aromatic rings. The Balaban J connectivity index is 0.000000383. The average molecular weight is 322 g/mol. The maximum atomic E-state index is 9.75. The molecular formula is C13H13BClF4NO. The topological polar surface area (TPSA) is 13.1 Å².